The van der Waals surface area contributed by atoms with Gasteiger partial charge in [-0.05, 0) is 57.4 Å². The highest BCUT2D eigenvalue weighted by molar-refractivity contribution is 5.51. The van der Waals surface area contributed by atoms with Crippen LogP contribution in [0.15, 0.2) is 18.2 Å². The molecule has 17 heavy (non-hydrogen) atoms. The van der Waals surface area contributed by atoms with Gasteiger partial charge in [0.25, 0.3) is 0 Å². The van der Waals surface area contributed by atoms with E-state index in [4.69, 9.17) is 0 Å². The summed E-state index contributed by atoms with van der Waals surface area (Å²) in [4.78, 5) is 2.52. The van der Waals surface area contributed by atoms with Gasteiger partial charge in [0.05, 0.1) is 0 Å². The van der Waals surface area contributed by atoms with Crippen molar-refractivity contribution in [3.63, 3.8) is 0 Å². The summed E-state index contributed by atoms with van der Waals surface area (Å²) in [6, 6.07) is 8.03. The Morgan fingerprint density at radius 1 is 1.06 bits per heavy atom. The van der Waals surface area contributed by atoms with Crippen LogP contribution < -0.4 is 10.2 Å². The lowest BCUT2D eigenvalue weighted by Gasteiger charge is -2.25. The molecule has 0 amide bonds. The van der Waals surface area contributed by atoms with Crippen LogP contribution in [0.5, 0.6) is 0 Å². The minimum Gasteiger partial charge on any atom is -0.370 e. The molecule has 0 bridgehead atoms. The first-order chi connectivity index (χ1) is 8.04. The number of nitrogens with one attached hydrogen (secondary N) is 1. The Morgan fingerprint density at radius 3 is 2.35 bits per heavy atom. The first-order valence-electron chi connectivity index (χ1n) is 6.64. The number of anilines is 1. The van der Waals surface area contributed by atoms with Gasteiger partial charge in [-0.1, -0.05) is 6.07 Å². The molecular weight excluding hydrogens is 208 g/mol. The molecule has 0 spiro atoms. The molecule has 1 fully saturated rings. The Balaban J connectivity index is 2.20. The molecule has 2 rings (SSSR count). The summed E-state index contributed by atoms with van der Waals surface area (Å²) in [5, 5.41) is 3.63. The normalized spacial score (nSPS) is 25.8. The van der Waals surface area contributed by atoms with Crippen molar-refractivity contribution < 1.29 is 0 Å². The second-order valence-corrected chi connectivity index (χ2v) is 5.55. The molecule has 1 aliphatic heterocycles. The molecule has 1 saturated heterocycles. The van der Waals surface area contributed by atoms with Crippen LogP contribution in [0.3, 0.4) is 0 Å². The summed E-state index contributed by atoms with van der Waals surface area (Å²) in [5.41, 5.74) is 4.10. The van der Waals surface area contributed by atoms with Gasteiger partial charge in [-0.15, -0.1) is 0 Å². The molecule has 0 saturated carbocycles. The summed E-state index contributed by atoms with van der Waals surface area (Å²) in [6.07, 6.45) is 1.22. The van der Waals surface area contributed by atoms with Crippen LogP contribution in [-0.4, -0.2) is 25.2 Å². The zero-order valence-corrected chi connectivity index (χ0v) is 11.5. The average molecular weight is 232 g/mol. The second kappa shape index (κ2) is 5.09. The van der Waals surface area contributed by atoms with Crippen molar-refractivity contribution in [2.45, 2.75) is 46.2 Å². The minimum absolute atomic E-state index is 0.563. The number of hydrogen-bond acceptors (Lipinski definition) is 2. The molecule has 2 atom stereocenters. The van der Waals surface area contributed by atoms with Crippen LogP contribution in [0.2, 0.25) is 0 Å². The zero-order valence-electron chi connectivity index (χ0n) is 11.5. The average Bonchev–Trinajstić information content (AvgIpc) is 2.38. The number of nitrogens with zero attached hydrogens (tertiary/aromatic N) is 1. The van der Waals surface area contributed by atoms with Gasteiger partial charge in [0.15, 0.2) is 0 Å². The van der Waals surface area contributed by atoms with E-state index in [0.717, 1.165) is 13.1 Å². The Bertz CT molecular complexity index is 366. The molecule has 1 aromatic carbocycles. The van der Waals surface area contributed by atoms with E-state index in [1.807, 2.05) is 0 Å². The first-order valence-corrected chi connectivity index (χ1v) is 6.64. The van der Waals surface area contributed by atoms with Crippen molar-refractivity contribution in [2.75, 3.05) is 18.0 Å². The van der Waals surface area contributed by atoms with Crippen molar-refractivity contribution >= 4 is 5.69 Å². The van der Waals surface area contributed by atoms with E-state index >= 15 is 0 Å². The Labute approximate surface area is 105 Å². The quantitative estimate of drug-likeness (QED) is 0.801. The van der Waals surface area contributed by atoms with Crippen LogP contribution in [0.1, 0.15) is 31.4 Å². The monoisotopic (exact) mass is 232 g/mol. The molecule has 94 valence electrons. The van der Waals surface area contributed by atoms with Crippen LogP contribution in [0.4, 0.5) is 5.69 Å². The molecule has 1 aromatic rings. The summed E-state index contributed by atoms with van der Waals surface area (Å²) in [5.74, 6) is 0. The van der Waals surface area contributed by atoms with Gasteiger partial charge in [0.1, 0.15) is 0 Å². The topological polar surface area (TPSA) is 15.3 Å². The Morgan fingerprint density at radius 2 is 1.71 bits per heavy atom. The highest BCUT2D eigenvalue weighted by atomic mass is 15.2. The van der Waals surface area contributed by atoms with Gasteiger partial charge in [0, 0.05) is 30.9 Å². The highest BCUT2D eigenvalue weighted by Crippen LogP contribution is 2.21. The van der Waals surface area contributed by atoms with E-state index in [2.05, 4.69) is 56.1 Å². The fraction of sp³-hybridized carbons (Fsp3) is 0.600. The summed E-state index contributed by atoms with van der Waals surface area (Å²) in [7, 11) is 0. The van der Waals surface area contributed by atoms with Gasteiger partial charge in [-0.25, -0.2) is 0 Å². The third-order valence-corrected chi connectivity index (χ3v) is 3.47. The first kappa shape index (κ1) is 12.4. The van der Waals surface area contributed by atoms with Gasteiger partial charge < -0.3 is 10.2 Å². The van der Waals surface area contributed by atoms with Crippen LogP contribution in [0.25, 0.3) is 0 Å². The predicted octanol–water partition coefficient (Wildman–Crippen LogP) is 2.88. The second-order valence-electron chi connectivity index (χ2n) is 5.55. The van der Waals surface area contributed by atoms with E-state index in [1.165, 1.54) is 23.2 Å². The summed E-state index contributed by atoms with van der Waals surface area (Å²) < 4.78 is 0. The molecule has 1 aliphatic rings. The molecule has 1 N–H and O–H groups in total. The lowest BCUT2D eigenvalue weighted by molar-refractivity contribution is 0.492. The summed E-state index contributed by atoms with van der Waals surface area (Å²) >= 11 is 0. The third kappa shape index (κ3) is 3.22. The van der Waals surface area contributed by atoms with Crippen molar-refractivity contribution in [2.24, 2.45) is 0 Å². The van der Waals surface area contributed by atoms with Crippen molar-refractivity contribution in [3.05, 3.63) is 29.3 Å². The lowest BCUT2D eigenvalue weighted by Crippen LogP contribution is -2.37. The minimum atomic E-state index is 0.563. The molecule has 0 radical (unpaired) electrons. The molecule has 0 aliphatic carbocycles. The van der Waals surface area contributed by atoms with Crippen molar-refractivity contribution in [1.82, 2.24) is 5.32 Å². The lowest BCUT2D eigenvalue weighted by atomic mass is 10.1. The van der Waals surface area contributed by atoms with Crippen LogP contribution in [-0.2, 0) is 0 Å². The number of hydrogen-bond donors (Lipinski definition) is 1. The number of rotatable bonds is 1. The molecule has 2 nitrogen and oxygen atoms in total. The van der Waals surface area contributed by atoms with E-state index in [1.54, 1.807) is 0 Å². The zero-order chi connectivity index (χ0) is 12.4. The van der Waals surface area contributed by atoms with Crippen molar-refractivity contribution in [1.29, 1.82) is 0 Å². The maximum atomic E-state index is 3.63. The number of aryl methyl sites for hydroxylation is 2. The van der Waals surface area contributed by atoms with Crippen LogP contribution >= 0.6 is 0 Å². The summed E-state index contributed by atoms with van der Waals surface area (Å²) in [6.45, 7) is 11.2. The molecule has 2 unspecified atom stereocenters. The Kier molecular flexibility index (Phi) is 3.72. The smallest absolute Gasteiger partial charge is 0.0372 e. The molecule has 0 aromatic heterocycles. The molecule has 2 heteroatoms. The van der Waals surface area contributed by atoms with E-state index in [9.17, 15) is 0 Å². The fourth-order valence-electron chi connectivity index (χ4n) is 2.76. The van der Waals surface area contributed by atoms with Crippen LogP contribution in [0, 0.1) is 13.8 Å². The number of benzene rings is 1. The van der Waals surface area contributed by atoms with Gasteiger partial charge >= 0.3 is 0 Å². The standard InChI is InChI=1S/C15H24N2/c1-11-7-12(2)9-15(8-11)17-6-5-13(3)16-14(4)10-17/h7-9,13-14,16H,5-6,10H2,1-4H3. The van der Waals surface area contributed by atoms with E-state index in [-0.39, 0.29) is 0 Å². The molecule has 1 heterocycles. The van der Waals surface area contributed by atoms with E-state index < -0.39 is 0 Å². The van der Waals surface area contributed by atoms with Gasteiger partial charge in [0.2, 0.25) is 0 Å². The van der Waals surface area contributed by atoms with E-state index in [0.29, 0.717) is 12.1 Å². The Hall–Kier alpha value is -1.02. The predicted molar refractivity (Wildman–Crippen MR) is 74.8 cm³/mol. The van der Waals surface area contributed by atoms with Gasteiger partial charge in [-0.3, -0.25) is 0 Å². The molecular formula is C15H24N2. The SMILES string of the molecule is Cc1cc(C)cc(N2CCC(C)NC(C)C2)c1. The van der Waals surface area contributed by atoms with Crippen molar-refractivity contribution in [3.8, 4) is 0 Å². The maximum absolute atomic E-state index is 3.63. The van der Waals surface area contributed by atoms with Gasteiger partial charge in [-0.2, -0.15) is 0 Å². The fourth-order valence-corrected chi connectivity index (χ4v) is 2.76. The maximum Gasteiger partial charge on any atom is 0.0372 e. The highest BCUT2D eigenvalue weighted by Gasteiger charge is 2.18. The largest absolute Gasteiger partial charge is 0.370 e. The third-order valence-electron chi connectivity index (χ3n) is 3.47.